The van der Waals surface area contributed by atoms with E-state index < -0.39 is 0 Å². The van der Waals surface area contributed by atoms with Gasteiger partial charge in [-0.05, 0) is 38.5 Å². The van der Waals surface area contributed by atoms with Gasteiger partial charge in [-0.2, -0.15) is 0 Å². The van der Waals surface area contributed by atoms with Crippen LogP contribution in [0.3, 0.4) is 0 Å². The molecule has 0 saturated heterocycles. The van der Waals surface area contributed by atoms with Crippen molar-refractivity contribution < 1.29 is 14.3 Å². The van der Waals surface area contributed by atoms with Gasteiger partial charge in [0.2, 0.25) is 0 Å². The molecule has 1 atom stereocenters. The van der Waals surface area contributed by atoms with Crippen molar-refractivity contribution in [2.24, 2.45) is 0 Å². The summed E-state index contributed by atoms with van der Waals surface area (Å²) in [5, 5.41) is 6.68. The van der Waals surface area contributed by atoms with Gasteiger partial charge in [0.15, 0.2) is 6.61 Å². The fourth-order valence-electron chi connectivity index (χ4n) is 2.66. The quantitative estimate of drug-likeness (QED) is 0.859. The number of anilines is 2. The summed E-state index contributed by atoms with van der Waals surface area (Å²) in [7, 11) is 1.69. The van der Waals surface area contributed by atoms with E-state index in [0.717, 1.165) is 22.0 Å². The van der Waals surface area contributed by atoms with Crippen LogP contribution in [0, 0.1) is 13.8 Å². The normalized spacial score (nSPS) is 14.5. The molecule has 0 spiro atoms. The molecule has 0 bridgehead atoms. The summed E-state index contributed by atoms with van der Waals surface area (Å²) in [6.07, 6.45) is 0.745. The van der Waals surface area contributed by atoms with Gasteiger partial charge in [0.1, 0.15) is 10.8 Å². The molecule has 2 N–H and O–H groups in total. The Balaban J connectivity index is 1.70. The van der Waals surface area contributed by atoms with Crippen LogP contribution in [0.4, 0.5) is 16.2 Å². The number of hydrogen-bond donors (Lipinski definition) is 2. The van der Waals surface area contributed by atoms with E-state index in [1.165, 1.54) is 4.90 Å². The zero-order valence-electron chi connectivity index (χ0n) is 15.3. The first kappa shape index (κ1) is 18.2. The van der Waals surface area contributed by atoms with Gasteiger partial charge >= 0.3 is 6.03 Å². The Hall–Kier alpha value is -2.61. The molecule has 2 aromatic rings. The van der Waals surface area contributed by atoms with Crippen LogP contribution in [0.25, 0.3) is 0 Å². The van der Waals surface area contributed by atoms with Gasteiger partial charge in [0.25, 0.3) is 5.91 Å². The molecule has 0 radical (unpaired) electrons. The Labute approximate surface area is 156 Å². The number of urea groups is 1. The van der Waals surface area contributed by atoms with Crippen LogP contribution < -0.4 is 20.3 Å². The average molecular weight is 374 g/mol. The maximum absolute atomic E-state index is 12.4. The summed E-state index contributed by atoms with van der Waals surface area (Å²) >= 11 is 1.60. The van der Waals surface area contributed by atoms with E-state index in [2.05, 4.69) is 15.6 Å². The van der Waals surface area contributed by atoms with Crippen LogP contribution in [0.2, 0.25) is 0 Å². The minimum Gasteiger partial charge on any atom is -0.482 e. The van der Waals surface area contributed by atoms with Crippen LogP contribution in [0.15, 0.2) is 18.2 Å². The molecule has 7 nitrogen and oxygen atoms in total. The first-order chi connectivity index (χ1) is 12.4. The SMILES string of the molecule is CC[C@@H](NC(=O)Nc1ccc2c(c1)N(C)C(=O)CO2)c1nc(C)c(C)s1. The van der Waals surface area contributed by atoms with Crippen LogP contribution >= 0.6 is 11.3 Å². The Kier molecular flexibility index (Phi) is 5.13. The van der Waals surface area contributed by atoms with Crippen molar-refractivity contribution >= 4 is 34.6 Å². The van der Waals surface area contributed by atoms with Gasteiger partial charge in [-0.25, -0.2) is 9.78 Å². The number of fused-ring (bicyclic) bond motifs is 1. The third-order valence-electron chi connectivity index (χ3n) is 4.36. The average Bonchev–Trinajstić information content (AvgIpc) is 2.95. The Bertz CT molecular complexity index is 829. The number of likely N-dealkylation sites (N-methyl/N-ethyl adjacent to an activating group) is 1. The van der Waals surface area contributed by atoms with Crippen LogP contribution in [0.5, 0.6) is 5.75 Å². The number of nitrogens with one attached hydrogen (secondary N) is 2. The molecule has 1 aliphatic rings. The number of ether oxygens (including phenoxy) is 1. The predicted octanol–water partition coefficient (Wildman–Crippen LogP) is 3.39. The first-order valence-electron chi connectivity index (χ1n) is 8.44. The second kappa shape index (κ2) is 7.33. The number of hydrogen-bond acceptors (Lipinski definition) is 5. The Morgan fingerprint density at radius 2 is 2.19 bits per heavy atom. The lowest BCUT2D eigenvalue weighted by molar-refractivity contribution is -0.120. The highest BCUT2D eigenvalue weighted by Crippen LogP contribution is 2.33. The molecule has 0 unspecified atom stereocenters. The third-order valence-corrected chi connectivity index (χ3v) is 5.55. The van der Waals surface area contributed by atoms with E-state index in [1.54, 1.807) is 36.6 Å². The number of aromatic nitrogens is 1. The van der Waals surface area contributed by atoms with E-state index in [0.29, 0.717) is 17.1 Å². The summed E-state index contributed by atoms with van der Waals surface area (Å²) in [5.41, 5.74) is 2.22. The number of rotatable bonds is 4. The fourth-order valence-corrected chi connectivity index (χ4v) is 3.72. The van der Waals surface area contributed by atoms with E-state index >= 15 is 0 Å². The number of nitrogens with zero attached hydrogens (tertiary/aromatic N) is 2. The summed E-state index contributed by atoms with van der Waals surface area (Å²) in [6.45, 7) is 6.03. The van der Waals surface area contributed by atoms with Crippen molar-refractivity contribution in [1.29, 1.82) is 0 Å². The molecule has 3 rings (SSSR count). The summed E-state index contributed by atoms with van der Waals surface area (Å²) in [5.74, 6) is 0.498. The Morgan fingerprint density at radius 1 is 1.42 bits per heavy atom. The highest BCUT2D eigenvalue weighted by molar-refractivity contribution is 7.11. The molecule has 2 heterocycles. The van der Waals surface area contributed by atoms with Gasteiger partial charge in [-0.15, -0.1) is 11.3 Å². The number of carbonyl (C=O) groups is 2. The molecule has 0 saturated carbocycles. The molecule has 138 valence electrons. The maximum Gasteiger partial charge on any atom is 0.319 e. The second-order valence-corrected chi connectivity index (χ2v) is 7.41. The number of amides is 3. The summed E-state index contributed by atoms with van der Waals surface area (Å²) < 4.78 is 5.39. The molecule has 1 aromatic carbocycles. The lowest BCUT2D eigenvalue weighted by atomic mass is 10.2. The minimum absolute atomic E-state index is 0.0294. The monoisotopic (exact) mass is 374 g/mol. The fraction of sp³-hybridized carbons (Fsp3) is 0.389. The molecular weight excluding hydrogens is 352 g/mol. The standard InChI is InChI=1S/C18H22N4O3S/c1-5-13(17-19-10(2)11(3)26-17)21-18(24)20-12-6-7-15-14(8-12)22(4)16(23)9-25-15/h6-8,13H,5,9H2,1-4H3,(H2,20,21,24)/t13-/m1/s1. The van der Waals surface area contributed by atoms with Crippen molar-refractivity contribution in [3.63, 3.8) is 0 Å². The zero-order chi connectivity index (χ0) is 18.8. The van der Waals surface area contributed by atoms with Crippen molar-refractivity contribution in [1.82, 2.24) is 10.3 Å². The summed E-state index contributed by atoms with van der Waals surface area (Å²) in [6, 6.07) is 4.77. The Morgan fingerprint density at radius 3 is 2.85 bits per heavy atom. The lowest BCUT2D eigenvalue weighted by Crippen LogP contribution is -2.35. The van der Waals surface area contributed by atoms with E-state index in [-0.39, 0.29) is 24.6 Å². The van der Waals surface area contributed by atoms with E-state index in [4.69, 9.17) is 4.74 Å². The second-order valence-electron chi connectivity index (χ2n) is 6.18. The van der Waals surface area contributed by atoms with Gasteiger partial charge in [-0.1, -0.05) is 6.92 Å². The number of carbonyl (C=O) groups excluding carboxylic acids is 2. The highest BCUT2D eigenvalue weighted by Gasteiger charge is 2.23. The van der Waals surface area contributed by atoms with E-state index in [9.17, 15) is 9.59 Å². The molecule has 1 aliphatic heterocycles. The smallest absolute Gasteiger partial charge is 0.319 e. The van der Waals surface area contributed by atoms with Crippen LogP contribution in [0.1, 0.15) is 35.0 Å². The van der Waals surface area contributed by atoms with Crippen LogP contribution in [-0.2, 0) is 4.79 Å². The lowest BCUT2D eigenvalue weighted by Gasteiger charge is -2.26. The highest BCUT2D eigenvalue weighted by atomic mass is 32.1. The zero-order valence-corrected chi connectivity index (χ0v) is 16.1. The summed E-state index contributed by atoms with van der Waals surface area (Å²) in [4.78, 5) is 31.4. The first-order valence-corrected chi connectivity index (χ1v) is 9.25. The van der Waals surface area contributed by atoms with Gasteiger partial charge in [-0.3, -0.25) is 4.79 Å². The molecule has 0 fully saturated rings. The van der Waals surface area contributed by atoms with Crippen molar-refractivity contribution in [3.05, 3.63) is 33.8 Å². The molecule has 8 heteroatoms. The third kappa shape index (κ3) is 3.65. The molecule has 3 amide bonds. The van der Waals surface area contributed by atoms with Crippen molar-refractivity contribution in [2.45, 2.75) is 33.2 Å². The topological polar surface area (TPSA) is 83.6 Å². The number of aryl methyl sites for hydroxylation is 2. The maximum atomic E-state index is 12.4. The predicted molar refractivity (Wildman–Crippen MR) is 102 cm³/mol. The largest absolute Gasteiger partial charge is 0.482 e. The molecule has 1 aromatic heterocycles. The minimum atomic E-state index is -0.312. The van der Waals surface area contributed by atoms with Gasteiger partial charge < -0.3 is 20.3 Å². The molecule has 26 heavy (non-hydrogen) atoms. The van der Waals surface area contributed by atoms with Crippen molar-refractivity contribution in [2.75, 3.05) is 23.9 Å². The number of benzene rings is 1. The molecule has 0 aliphatic carbocycles. The molecular formula is C18H22N4O3S. The van der Waals surface area contributed by atoms with Crippen molar-refractivity contribution in [3.8, 4) is 5.75 Å². The van der Waals surface area contributed by atoms with E-state index in [1.807, 2.05) is 20.8 Å². The van der Waals surface area contributed by atoms with Gasteiger partial charge in [0, 0.05) is 17.6 Å². The van der Waals surface area contributed by atoms with Crippen LogP contribution in [-0.4, -0.2) is 30.6 Å². The number of thiazole rings is 1. The van der Waals surface area contributed by atoms with Gasteiger partial charge in [0.05, 0.1) is 17.4 Å².